The SMILES string of the molecule is CCC(CC)COC(=O)C(C)NP(=O)(Oc1ccc([N+](=O)[O-])cc1)Oc1ccc([N+](=O)[O-])cc1. The first kappa shape index (κ1) is 26.7. The summed E-state index contributed by atoms with van der Waals surface area (Å²) in [4.78, 5) is 32.9. The van der Waals surface area contributed by atoms with Gasteiger partial charge in [0.05, 0.1) is 16.5 Å². The number of nitrogens with zero attached hydrogens (tertiary/aromatic N) is 2. The molecular formula is C21H26N3O9P. The fraction of sp³-hybridized carbons (Fsp3) is 0.381. The van der Waals surface area contributed by atoms with Crippen LogP contribution in [-0.2, 0) is 14.1 Å². The first-order valence-electron chi connectivity index (χ1n) is 10.5. The van der Waals surface area contributed by atoms with Crippen molar-refractivity contribution in [1.82, 2.24) is 5.09 Å². The molecule has 0 aromatic heterocycles. The summed E-state index contributed by atoms with van der Waals surface area (Å²) in [5, 5.41) is 24.2. The van der Waals surface area contributed by atoms with Crippen molar-refractivity contribution in [1.29, 1.82) is 0 Å². The number of hydrogen-bond acceptors (Lipinski definition) is 9. The van der Waals surface area contributed by atoms with Gasteiger partial charge in [-0.1, -0.05) is 26.7 Å². The monoisotopic (exact) mass is 495 g/mol. The second kappa shape index (κ2) is 12.1. The summed E-state index contributed by atoms with van der Waals surface area (Å²) >= 11 is 0. The fourth-order valence-electron chi connectivity index (χ4n) is 2.75. The molecule has 0 amide bonds. The van der Waals surface area contributed by atoms with E-state index >= 15 is 0 Å². The topological polar surface area (TPSA) is 160 Å². The van der Waals surface area contributed by atoms with Gasteiger partial charge in [0.2, 0.25) is 0 Å². The van der Waals surface area contributed by atoms with Gasteiger partial charge in [-0.2, -0.15) is 5.09 Å². The second-order valence-electron chi connectivity index (χ2n) is 7.35. The van der Waals surface area contributed by atoms with Crippen LogP contribution in [0.25, 0.3) is 0 Å². The van der Waals surface area contributed by atoms with Gasteiger partial charge in [0.25, 0.3) is 11.4 Å². The van der Waals surface area contributed by atoms with E-state index in [9.17, 15) is 29.6 Å². The average molecular weight is 495 g/mol. The van der Waals surface area contributed by atoms with Crippen LogP contribution in [0.3, 0.4) is 0 Å². The number of rotatable bonds is 13. The van der Waals surface area contributed by atoms with E-state index in [1.165, 1.54) is 31.2 Å². The molecule has 0 bridgehead atoms. The molecule has 0 fully saturated rings. The molecule has 1 atom stereocenters. The van der Waals surface area contributed by atoms with Crippen molar-refractivity contribution >= 4 is 25.1 Å². The van der Waals surface area contributed by atoms with Gasteiger partial charge in [-0.15, -0.1) is 0 Å². The summed E-state index contributed by atoms with van der Waals surface area (Å²) in [6.45, 7) is 5.58. The Morgan fingerprint density at radius 3 is 1.68 bits per heavy atom. The van der Waals surface area contributed by atoms with Crippen LogP contribution in [0, 0.1) is 26.1 Å². The Morgan fingerprint density at radius 1 is 0.912 bits per heavy atom. The molecule has 2 aromatic carbocycles. The number of carbonyl (C=O) groups excluding carboxylic acids is 1. The van der Waals surface area contributed by atoms with Crippen molar-refractivity contribution in [2.24, 2.45) is 5.92 Å². The standard InChI is InChI=1S/C21H26N3O9P/c1-4-16(5-2)14-31-21(25)15(3)22-34(30,32-19-10-6-17(7-11-19)23(26)27)33-20-12-8-18(9-13-20)24(28)29/h6-13,15-16H,4-5,14H2,1-3H3,(H,22,30). The second-order valence-corrected chi connectivity index (χ2v) is 8.96. The molecule has 0 aliphatic rings. The average Bonchev–Trinajstić information content (AvgIpc) is 2.80. The lowest BCUT2D eigenvalue weighted by atomic mass is 10.1. The molecule has 2 aromatic rings. The Hall–Kier alpha value is -3.50. The lowest BCUT2D eigenvalue weighted by molar-refractivity contribution is -0.385. The normalized spacial score (nSPS) is 12.1. The number of benzene rings is 2. The third-order valence-corrected chi connectivity index (χ3v) is 6.47. The number of nitrogens with one attached hydrogen (secondary N) is 1. The molecular weight excluding hydrogens is 469 g/mol. The number of esters is 1. The first-order valence-corrected chi connectivity index (χ1v) is 12.0. The molecule has 2 rings (SSSR count). The molecule has 0 aliphatic heterocycles. The Kier molecular flexibility index (Phi) is 9.52. The fourth-order valence-corrected chi connectivity index (χ4v) is 4.27. The van der Waals surface area contributed by atoms with Crippen LogP contribution >= 0.6 is 7.75 Å². The van der Waals surface area contributed by atoms with Crippen molar-refractivity contribution < 1.29 is 33.0 Å². The van der Waals surface area contributed by atoms with Crippen LogP contribution in [0.5, 0.6) is 11.5 Å². The number of ether oxygens (including phenoxy) is 1. The molecule has 12 nitrogen and oxygen atoms in total. The Bertz CT molecular complexity index is 977. The van der Waals surface area contributed by atoms with Gasteiger partial charge in [0, 0.05) is 24.3 Å². The number of non-ortho nitro benzene ring substituents is 2. The largest absolute Gasteiger partial charge is 0.513 e. The zero-order valence-electron chi connectivity index (χ0n) is 18.9. The summed E-state index contributed by atoms with van der Waals surface area (Å²) in [7, 11) is -4.30. The highest BCUT2D eigenvalue weighted by Crippen LogP contribution is 2.45. The van der Waals surface area contributed by atoms with E-state index in [1.807, 2.05) is 13.8 Å². The van der Waals surface area contributed by atoms with Crippen LogP contribution in [0.2, 0.25) is 0 Å². The van der Waals surface area contributed by atoms with Crippen LogP contribution in [-0.4, -0.2) is 28.5 Å². The molecule has 0 aliphatic carbocycles. The van der Waals surface area contributed by atoms with E-state index in [0.717, 1.165) is 37.1 Å². The predicted octanol–water partition coefficient (Wildman–Crippen LogP) is 5.03. The number of hydrogen-bond donors (Lipinski definition) is 1. The molecule has 13 heteroatoms. The molecule has 1 unspecified atom stereocenters. The quantitative estimate of drug-likeness (QED) is 0.173. The molecule has 184 valence electrons. The zero-order chi connectivity index (χ0) is 25.3. The van der Waals surface area contributed by atoms with Crippen LogP contribution in [0.1, 0.15) is 33.6 Å². The third-order valence-electron chi connectivity index (χ3n) is 4.87. The summed E-state index contributed by atoms with van der Waals surface area (Å²) in [5.74, 6) is -0.538. The predicted molar refractivity (Wildman–Crippen MR) is 123 cm³/mol. The Morgan fingerprint density at radius 2 is 1.32 bits per heavy atom. The Labute approximate surface area is 196 Å². The van der Waals surface area contributed by atoms with Gasteiger partial charge in [0.15, 0.2) is 0 Å². The Balaban J connectivity index is 2.22. The number of nitro groups is 2. The maximum atomic E-state index is 13.5. The molecule has 0 saturated heterocycles. The van der Waals surface area contributed by atoms with E-state index in [4.69, 9.17) is 13.8 Å². The first-order chi connectivity index (χ1) is 16.1. The summed E-state index contributed by atoms with van der Waals surface area (Å²) in [5.41, 5.74) is -0.408. The number of nitro benzene ring substituents is 2. The van der Waals surface area contributed by atoms with Gasteiger partial charge >= 0.3 is 13.7 Å². The van der Waals surface area contributed by atoms with Crippen LogP contribution < -0.4 is 14.1 Å². The van der Waals surface area contributed by atoms with Gasteiger partial charge in [-0.25, -0.2) is 4.57 Å². The van der Waals surface area contributed by atoms with Gasteiger partial charge in [-0.05, 0) is 37.1 Å². The third kappa shape index (κ3) is 7.82. The van der Waals surface area contributed by atoms with Gasteiger partial charge in [-0.3, -0.25) is 25.0 Å². The minimum atomic E-state index is -4.30. The molecule has 0 heterocycles. The molecule has 1 N–H and O–H groups in total. The molecule has 0 saturated carbocycles. The van der Waals surface area contributed by atoms with E-state index in [0.29, 0.717) is 0 Å². The highest BCUT2D eigenvalue weighted by atomic mass is 31.2. The molecule has 34 heavy (non-hydrogen) atoms. The summed E-state index contributed by atoms with van der Waals surface area (Å²) in [6.07, 6.45) is 1.66. The summed E-state index contributed by atoms with van der Waals surface area (Å²) in [6, 6.07) is 8.40. The highest BCUT2D eigenvalue weighted by Gasteiger charge is 2.34. The van der Waals surface area contributed by atoms with E-state index in [1.54, 1.807) is 0 Å². The minimum absolute atomic E-state index is 0.0269. The summed E-state index contributed by atoms with van der Waals surface area (Å²) < 4.78 is 29.7. The van der Waals surface area contributed by atoms with Crippen LogP contribution in [0.4, 0.5) is 11.4 Å². The van der Waals surface area contributed by atoms with Crippen LogP contribution in [0.15, 0.2) is 48.5 Å². The highest BCUT2D eigenvalue weighted by molar-refractivity contribution is 7.52. The smallest absolute Gasteiger partial charge is 0.464 e. The van der Waals surface area contributed by atoms with Gasteiger partial charge < -0.3 is 13.8 Å². The number of carbonyl (C=O) groups is 1. The van der Waals surface area contributed by atoms with Crippen molar-refractivity contribution in [2.75, 3.05) is 6.61 Å². The van der Waals surface area contributed by atoms with E-state index in [2.05, 4.69) is 5.09 Å². The minimum Gasteiger partial charge on any atom is -0.464 e. The van der Waals surface area contributed by atoms with Crippen molar-refractivity contribution in [3.63, 3.8) is 0 Å². The van der Waals surface area contributed by atoms with E-state index in [-0.39, 0.29) is 35.4 Å². The molecule has 0 spiro atoms. The maximum Gasteiger partial charge on any atom is 0.513 e. The zero-order valence-corrected chi connectivity index (χ0v) is 19.8. The van der Waals surface area contributed by atoms with Crippen molar-refractivity contribution in [3.8, 4) is 11.5 Å². The van der Waals surface area contributed by atoms with Crippen molar-refractivity contribution in [3.05, 3.63) is 68.8 Å². The van der Waals surface area contributed by atoms with Gasteiger partial charge in [0.1, 0.15) is 17.5 Å². The van der Waals surface area contributed by atoms with Crippen molar-refractivity contribution in [2.45, 2.75) is 39.7 Å². The lowest BCUT2D eigenvalue weighted by Crippen LogP contribution is -2.36. The lowest BCUT2D eigenvalue weighted by Gasteiger charge is -2.23. The maximum absolute atomic E-state index is 13.5. The van der Waals surface area contributed by atoms with E-state index < -0.39 is 29.6 Å². The molecule has 0 radical (unpaired) electrons.